The molecule has 1 aliphatic rings. The number of thiophene rings is 1. The van der Waals surface area contributed by atoms with E-state index in [2.05, 4.69) is 4.90 Å². The summed E-state index contributed by atoms with van der Waals surface area (Å²) >= 11 is 1.50. The van der Waals surface area contributed by atoms with E-state index in [0.29, 0.717) is 5.75 Å². The maximum atomic E-state index is 12.8. The number of benzene rings is 1. The van der Waals surface area contributed by atoms with Crippen LogP contribution in [0.3, 0.4) is 0 Å². The number of Topliss-reactive ketones (excluding diaryl/α,β-unsaturated/α-hetero) is 2. The third kappa shape index (κ3) is 4.35. The quantitative estimate of drug-likeness (QED) is 0.732. The second kappa shape index (κ2) is 7.93. The van der Waals surface area contributed by atoms with Crippen LogP contribution in [0.5, 0.6) is 5.75 Å². The summed E-state index contributed by atoms with van der Waals surface area (Å²) in [6.45, 7) is 4.15. The summed E-state index contributed by atoms with van der Waals surface area (Å²) in [5.74, 6) is 1.04. The molecule has 0 unspecified atom stereocenters. The van der Waals surface area contributed by atoms with Crippen molar-refractivity contribution in [3.8, 4) is 5.75 Å². The molecule has 2 heterocycles. The number of ketones is 2. The molecule has 0 radical (unpaired) electrons. The number of carbonyl (C=O) groups is 2. The highest BCUT2D eigenvalue weighted by Crippen LogP contribution is 2.25. The van der Waals surface area contributed by atoms with E-state index in [1.165, 1.54) is 11.3 Å². The summed E-state index contributed by atoms with van der Waals surface area (Å²) in [5, 5.41) is 2.05. The molecule has 4 nitrogen and oxygen atoms in total. The molecule has 0 amide bonds. The van der Waals surface area contributed by atoms with Crippen LogP contribution >= 0.6 is 11.3 Å². The fourth-order valence-corrected chi connectivity index (χ4v) is 4.13. The van der Waals surface area contributed by atoms with E-state index in [1.54, 1.807) is 14.0 Å². The van der Waals surface area contributed by atoms with Gasteiger partial charge in [-0.2, -0.15) is 0 Å². The Morgan fingerprint density at radius 1 is 1.32 bits per heavy atom. The van der Waals surface area contributed by atoms with Crippen molar-refractivity contribution in [3.63, 3.8) is 0 Å². The van der Waals surface area contributed by atoms with Crippen LogP contribution in [0.4, 0.5) is 0 Å². The Morgan fingerprint density at radius 2 is 2.16 bits per heavy atom. The van der Waals surface area contributed by atoms with Gasteiger partial charge in [0.25, 0.3) is 0 Å². The Morgan fingerprint density at radius 3 is 2.88 bits per heavy atom. The number of hydrogen-bond donors (Lipinski definition) is 0. The minimum absolute atomic E-state index is 0.0202. The molecule has 5 heteroatoms. The molecule has 0 spiro atoms. The van der Waals surface area contributed by atoms with Gasteiger partial charge in [-0.1, -0.05) is 12.1 Å². The number of likely N-dealkylation sites (tertiary alicyclic amines) is 1. The molecule has 2 aromatic rings. The van der Waals surface area contributed by atoms with Crippen molar-refractivity contribution >= 4 is 22.9 Å². The van der Waals surface area contributed by atoms with E-state index in [0.717, 1.165) is 48.5 Å². The predicted molar refractivity (Wildman–Crippen MR) is 99.6 cm³/mol. The van der Waals surface area contributed by atoms with Gasteiger partial charge in [0.15, 0.2) is 11.6 Å². The van der Waals surface area contributed by atoms with Crippen molar-refractivity contribution in [3.05, 3.63) is 51.7 Å². The normalized spacial score (nSPS) is 18.1. The van der Waals surface area contributed by atoms with Crippen molar-refractivity contribution in [2.24, 2.45) is 5.92 Å². The molecule has 0 bridgehead atoms. The first-order valence-electron chi connectivity index (χ1n) is 8.56. The molecule has 1 aliphatic heterocycles. The number of rotatable bonds is 6. The van der Waals surface area contributed by atoms with Gasteiger partial charge < -0.3 is 4.74 Å². The van der Waals surface area contributed by atoms with E-state index < -0.39 is 0 Å². The fourth-order valence-electron chi connectivity index (χ4n) is 3.33. The van der Waals surface area contributed by atoms with Crippen LogP contribution in [-0.4, -0.2) is 36.7 Å². The first-order valence-corrected chi connectivity index (χ1v) is 9.43. The molecule has 3 rings (SSSR count). The van der Waals surface area contributed by atoms with Crippen LogP contribution in [0, 0.1) is 5.92 Å². The average Bonchev–Trinajstić information content (AvgIpc) is 3.10. The zero-order chi connectivity index (χ0) is 17.8. The van der Waals surface area contributed by atoms with Gasteiger partial charge in [-0.15, -0.1) is 11.3 Å². The zero-order valence-corrected chi connectivity index (χ0v) is 15.5. The first-order chi connectivity index (χ1) is 12.1. The van der Waals surface area contributed by atoms with E-state index in [-0.39, 0.29) is 17.5 Å². The topological polar surface area (TPSA) is 46.6 Å². The van der Waals surface area contributed by atoms with Crippen molar-refractivity contribution in [1.29, 1.82) is 0 Å². The largest absolute Gasteiger partial charge is 0.497 e. The van der Waals surface area contributed by atoms with E-state index in [4.69, 9.17) is 4.74 Å². The monoisotopic (exact) mass is 357 g/mol. The molecule has 0 N–H and O–H groups in total. The molecule has 1 fully saturated rings. The molecule has 1 aromatic carbocycles. The summed E-state index contributed by atoms with van der Waals surface area (Å²) in [6, 6.07) is 9.37. The number of nitrogens with zero attached hydrogens (tertiary/aromatic N) is 1. The maximum Gasteiger partial charge on any atom is 0.169 e. The van der Waals surface area contributed by atoms with Crippen LogP contribution in [0.2, 0.25) is 0 Å². The molecular formula is C20H23NO3S. The lowest BCUT2D eigenvalue weighted by atomic mass is 9.90. The third-order valence-corrected chi connectivity index (χ3v) is 5.72. The predicted octanol–water partition coefficient (Wildman–Crippen LogP) is 4.05. The molecule has 25 heavy (non-hydrogen) atoms. The number of methoxy groups -OCH3 is 1. The molecule has 0 aliphatic carbocycles. The lowest BCUT2D eigenvalue weighted by molar-refractivity contribution is 0.0811. The van der Waals surface area contributed by atoms with Crippen LogP contribution < -0.4 is 4.74 Å². The van der Waals surface area contributed by atoms with Crippen LogP contribution in [0.15, 0.2) is 35.7 Å². The number of carbonyl (C=O) groups excluding carboxylic acids is 2. The summed E-state index contributed by atoms with van der Waals surface area (Å²) in [5.41, 5.74) is 1.88. The highest BCUT2D eigenvalue weighted by molar-refractivity contribution is 7.12. The minimum atomic E-state index is 0.0202. The standard InChI is InChI=1S/C20H23NO3S/c1-14(22)19-9-15(13-25-19)11-21-8-4-6-17(12-21)20(23)16-5-3-7-18(10-16)24-2/h3,5,7,9-10,13,17H,4,6,8,11-12H2,1-2H3/t17-/m0/s1. The smallest absolute Gasteiger partial charge is 0.169 e. The molecular weight excluding hydrogens is 334 g/mol. The van der Waals surface area contributed by atoms with Gasteiger partial charge in [0, 0.05) is 24.6 Å². The van der Waals surface area contributed by atoms with Gasteiger partial charge in [0.1, 0.15) is 5.75 Å². The van der Waals surface area contributed by atoms with Gasteiger partial charge in [-0.25, -0.2) is 0 Å². The van der Waals surface area contributed by atoms with Gasteiger partial charge in [-0.05, 0) is 55.5 Å². The summed E-state index contributed by atoms with van der Waals surface area (Å²) in [6.07, 6.45) is 1.94. The molecule has 132 valence electrons. The number of piperidine rings is 1. The van der Waals surface area contributed by atoms with Crippen molar-refractivity contribution in [2.45, 2.75) is 26.3 Å². The number of hydrogen-bond acceptors (Lipinski definition) is 5. The Labute approximate surface area is 152 Å². The molecule has 1 atom stereocenters. The SMILES string of the molecule is COc1cccc(C(=O)[C@H]2CCCN(Cc3csc(C(C)=O)c3)C2)c1. The zero-order valence-electron chi connectivity index (χ0n) is 14.7. The summed E-state index contributed by atoms with van der Waals surface area (Å²) < 4.78 is 5.23. The highest BCUT2D eigenvalue weighted by atomic mass is 32.1. The Kier molecular flexibility index (Phi) is 5.66. The second-order valence-electron chi connectivity index (χ2n) is 6.55. The van der Waals surface area contributed by atoms with Crippen molar-refractivity contribution in [1.82, 2.24) is 4.90 Å². The molecule has 1 aromatic heterocycles. The van der Waals surface area contributed by atoms with E-state index in [1.807, 2.05) is 35.7 Å². The fraction of sp³-hybridized carbons (Fsp3) is 0.400. The Hall–Kier alpha value is -1.98. The van der Waals surface area contributed by atoms with Crippen LogP contribution in [0.1, 0.15) is 45.4 Å². The number of ether oxygens (including phenoxy) is 1. The van der Waals surface area contributed by atoms with E-state index in [9.17, 15) is 9.59 Å². The Balaban J connectivity index is 1.65. The van der Waals surface area contributed by atoms with Gasteiger partial charge >= 0.3 is 0 Å². The maximum absolute atomic E-state index is 12.8. The second-order valence-corrected chi connectivity index (χ2v) is 7.46. The Bertz CT molecular complexity index is 768. The minimum Gasteiger partial charge on any atom is -0.497 e. The average molecular weight is 357 g/mol. The molecule has 0 saturated carbocycles. The van der Waals surface area contributed by atoms with Gasteiger partial charge in [0.05, 0.1) is 12.0 Å². The van der Waals surface area contributed by atoms with E-state index >= 15 is 0 Å². The first kappa shape index (κ1) is 17.8. The highest BCUT2D eigenvalue weighted by Gasteiger charge is 2.27. The lowest BCUT2D eigenvalue weighted by Gasteiger charge is -2.31. The summed E-state index contributed by atoms with van der Waals surface area (Å²) in [4.78, 5) is 27.4. The van der Waals surface area contributed by atoms with Gasteiger partial charge in [-0.3, -0.25) is 14.5 Å². The summed E-state index contributed by atoms with van der Waals surface area (Å²) in [7, 11) is 1.61. The third-order valence-electron chi connectivity index (χ3n) is 4.64. The van der Waals surface area contributed by atoms with Crippen molar-refractivity contribution < 1.29 is 14.3 Å². The lowest BCUT2D eigenvalue weighted by Crippen LogP contribution is -2.38. The van der Waals surface area contributed by atoms with Crippen LogP contribution in [-0.2, 0) is 6.54 Å². The van der Waals surface area contributed by atoms with Crippen molar-refractivity contribution in [2.75, 3.05) is 20.2 Å². The molecule has 1 saturated heterocycles. The van der Waals surface area contributed by atoms with Gasteiger partial charge in [0.2, 0.25) is 0 Å². The van der Waals surface area contributed by atoms with Crippen LogP contribution in [0.25, 0.3) is 0 Å².